The number of hydrogen-bond donors (Lipinski definition) is 0. The minimum absolute atomic E-state index is 0.0148. The Kier molecular flexibility index (Phi) is 7.10. The molecule has 0 saturated carbocycles. The van der Waals surface area contributed by atoms with Crippen LogP contribution in [0.2, 0.25) is 10.0 Å². The lowest BCUT2D eigenvalue weighted by molar-refractivity contribution is -0.138. The molecule has 1 unspecified atom stereocenters. The molecule has 0 radical (unpaired) electrons. The zero-order valence-electron chi connectivity index (χ0n) is 18.4. The summed E-state index contributed by atoms with van der Waals surface area (Å²) >= 11 is 12.2. The average Bonchev–Trinajstić information content (AvgIpc) is 2.79. The summed E-state index contributed by atoms with van der Waals surface area (Å²) in [4.78, 5) is 17.0. The molecule has 1 fully saturated rings. The number of alkyl halides is 3. The summed E-state index contributed by atoms with van der Waals surface area (Å²) < 4.78 is 40.2. The van der Waals surface area contributed by atoms with Gasteiger partial charge in [0.25, 0.3) is 0 Å². The summed E-state index contributed by atoms with van der Waals surface area (Å²) in [5.74, 6) is -0.330. The van der Waals surface area contributed by atoms with Crippen LogP contribution in [-0.2, 0) is 17.4 Å². The van der Waals surface area contributed by atoms with E-state index in [2.05, 4.69) is 4.90 Å². The molecular weight excluding hydrogens is 484 g/mol. The smallest absolute Gasteiger partial charge is 0.361 e. The first-order valence-electron chi connectivity index (χ1n) is 10.8. The monoisotopic (exact) mass is 506 g/mol. The van der Waals surface area contributed by atoms with Crippen molar-refractivity contribution in [3.63, 3.8) is 0 Å². The Bertz CT molecular complexity index is 1180. The number of hydrogen-bond acceptors (Lipinski definition) is 2. The van der Waals surface area contributed by atoms with E-state index in [1.54, 1.807) is 17.0 Å². The minimum atomic E-state index is -4.51. The number of carbonyl (C=O) groups is 1. The van der Waals surface area contributed by atoms with Gasteiger partial charge in [0, 0.05) is 35.4 Å². The highest BCUT2D eigenvalue weighted by molar-refractivity contribution is 6.31. The zero-order valence-corrected chi connectivity index (χ0v) is 20.0. The van der Waals surface area contributed by atoms with E-state index in [0.717, 1.165) is 22.9 Å². The van der Waals surface area contributed by atoms with Crippen LogP contribution in [0.1, 0.15) is 28.3 Å². The molecule has 1 saturated heterocycles. The third-order valence-electron chi connectivity index (χ3n) is 6.12. The number of halogens is 5. The van der Waals surface area contributed by atoms with Crippen molar-refractivity contribution in [1.29, 1.82) is 0 Å². The van der Waals surface area contributed by atoms with E-state index in [1.165, 1.54) is 18.2 Å². The van der Waals surface area contributed by atoms with Crippen molar-refractivity contribution in [1.82, 2.24) is 4.90 Å². The van der Waals surface area contributed by atoms with Crippen molar-refractivity contribution in [2.24, 2.45) is 0 Å². The molecule has 8 heteroatoms. The summed E-state index contributed by atoms with van der Waals surface area (Å²) in [5, 5.41) is 1.24. The molecule has 178 valence electrons. The van der Waals surface area contributed by atoms with E-state index < -0.39 is 11.7 Å². The number of rotatable bonds is 4. The lowest BCUT2D eigenvalue weighted by atomic mass is 9.99. The summed E-state index contributed by atoms with van der Waals surface area (Å²) in [6.45, 7) is 3.25. The van der Waals surface area contributed by atoms with Gasteiger partial charge in [0.05, 0.1) is 18.0 Å². The fourth-order valence-electron chi connectivity index (χ4n) is 4.43. The van der Waals surface area contributed by atoms with Crippen molar-refractivity contribution in [2.75, 3.05) is 24.5 Å². The number of nitrogens with zero attached hydrogens (tertiary/aromatic N) is 2. The number of piperazine rings is 1. The Morgan fingerprint density at radius 2 is 1.65 bits per heavy atom. The van der Waals surface area contributed by atoms with Crippen molar-refractivity contribution in [3.05, 3.63) is 99.0 Å². The maximum absolute atomic E-state index is 13.4. The molecule has 3 aromatic carbocycles. The van der Waals surface area contributed by atoms with Gasteiger partial charge < -0.3 is 9.80 Å². The summed E-state index contributed by atoms with van der Waals surface area (Å²) in [6.07, 6.45) is -4.81. The number of amides is 1. The summed E-state index contributed by atoms with van der Waals surface area (Å²) in [7, 11) is 0. The highest BCUT2D eigenvalue weighted by atomic mass is 35.5. The topological polar surface area (TPSA) is 23.6 Å². The van der Waals surface area contributed by atoms with E-state index >= 15 is 0 Å². The van der Waals surface area contributed by atoms with Crippen molar-refractivity contribution in [2.45, 2.75) is 25.6 Å². The number of aryl methyl sites for hydroxylation is 1. The predicted molar refractivity (Wildman–Crippen MR) is 129 cm³/mol. The second-order valence-electron chi connectivity index (χ2n) is 8.36. The SMILES string of the molecule is Cc1cc(Cl)ccc1N1CCN(C(=O)Cc2ccccc2C(F)(F)F)CC1c1ccc(Cl)cc1. The normalized spacial score (nSPS) is 16.6. The van der Waals surface area contributed by atoms with E-state index in [-0.39, 0.29) is 23.9 Å². The third kappa shape index (κ3) is 5.34. The van der Waals surface area contributed by atoms with Crippen molar-refractivity contribution in [3.8, 4) is 0 Å². The van der Waals surface area contributed by atoms with Crippen LogP contribution < -0.4 is 4.90 Å². The van der Waals surface area contributed by atoms with Gasteiger partial charge in [-0.3, -0.25) is 4.79 Å². The van der Waals surface area contributed by atoms with Gasteiger partial charge in [-0.25, -0.2) is 0 Å². The van der Waals surface area contributed by atoms with Gasteiger partial charge in [-0.1, -0.05) is 53.5 Å². The lowest BCUT2D eigenvalue weighted by Gasteiger charge is -2.43. The molecule has 0 bridgehead atoms. The highest BCUT2D eigenvalue weighted by Crippen LogP contribution is 2.35. The molecule has 0 spiro atoms. The van der Waals surface area contributed by atoms with E-state index in [0.29, 0.717) is 29.7 Å². The van der Waals surface area contributed by atoms with Gasteiger partial charge in [-0.05, 0) is 60.0 Å². The first-order valence-corrected chi connectivity index (χ1v) is 11.6. The van der Waals surface area contributed by atoms with Crippen LogP contribution in [0.15, 0.2) is 66.7 Å². The van der Waals surface area contributed by atoms with Crippen LogP contribution >= 0.6 is 23.2 Å². The zero-order chi connectivity index (χ0) is 24.5. The molecule has 3 aromatic rings. The quantitative estimate of drug-likeness (QED) is 0.382. The van der Waals surface area contributed by atoms with E-state index in [1.807, 2.05) is 37.3 Å². The maximum Gasteiger partial charge on any atom is 0.416 e. The standard InChI is InChI=1S/C26H23Cl2F3N2O/c1-17-14-21(28)10-11-23(17)33-13-12-32(16-24(33)18-6-8-20(27)9-7-18)25(34)15-19-4-2-3-5-22(19)26(29,30)31/h2-11,14,24H,12-13,15-16H2,1H3. The van der Waals surface area contributed by atoms with Gasteiger partial charge in [0.2, 0.25) is 5.91 Å². The van der Waals surface area contributed by atoms with E-state index in [4.69, 9.17) is 23.2 Å². The molecule has 1 amide bonds. The molecule has 4 rings (SSSR count). The molecular formula is C26H23Cl2F3N2O. The van der Waals surface area contributed by atoms with Crippen LogP contribution in [0, 0.1) is 6.92 Å². The number of carbonyl (C=O) groups excluding carboxylic acids is 1. The molecule has 1 atom stereocenters. The fraction of sp³-hybridized carbons (Fsp3) is 0.269. The molecule has 1 heterocycles. The Balaban J connectivity index is 1.61. The van der Waals surface area contributed by atoms with Crippen LogP contribution in [0.3, 0.4) is 0 Å². The van der Waals surface area contributed by atoms with Crippen LogP contribution in [-0.4, -0.2) is 30.4 Å². The van der Waals surface area contributed by atoms with Gasteiger partial charge in [0.1, 0.15) is 0 Å². The largest absolute Gasteiger partial charge is 0.416 e. The lowest BCUT2D eigenvalue weighted by Crippen LogP contribution is -2.51. The molecule has 1 aliphatic rings. The number of benzene rings is 3. The number of anilines is 1. The van der Waals surface area contributed by atoms with Gasteiger partial charge in [0.15, 0.2) is 0 Å². The Morgan fingerprint density at radius 1 is 0.971 bits per heavy atom. The van der Waals surface area contributed by atoms with Gasteiger partial charge >= 0.3 is 6.18 Å². The van der Waals surface area contributed by atoms with Crippen molar-refractivity contribution < 1.29 is 18.0 Å². The van der Waals surface area contributed by atoms with Crippen LogP contribution in [0.5, 0.6) is 0 Å². The first kappa shape index (κ1) is 24.4. The molecule has 0 aliphatic carbocycles. The molecule has 34 heavy (non-hydrogen) atoms. The third-order valence-corrected chi connectivity index (χ3v) is 6.61. The second kappa shape index (κ2) is 9.88. The second-order valence-corrected chi connectivity index (χ2v) is 9.24. The van der Waals surface area contributed by atoms with Crippen molar-refractivity contribution >= 4 is 34.8 Å². The highest BCUT2D eigenvalue weighted by Gasteiger charge is 2.35. The fourth-order valence-corrected chi connectivity index (χ4v) is 4.79. The molecule has 0 aromatic heterocycles. The average molecular weight is 507 g/mol. The molecule has 0 N–H and O–H groups in total. The maximum atomic E-state index is 13.4. The van der Waals surface area contributed by atoms with Crippen LogP contribution in [0.4, 0.5) is 18.9 Å². The van der Waals surface area contributed by atoms with Gasteiger partial charge in [-0.2, -0.15) is 13.2 Å². The Morgan fingerprint density at radius 3 is 2.32 bits per heavy atom. The molecule has 3 nitrogen and oxygen atoms in total. The minimum Gasteiger partial charge on any atom is -0.361 e. The van der Waals surface area contributed by atoms with Gasteiger partial charge in [-0.15, -0.1) is 0 Å². The Hall–Kier alpha value is -2.70. The molecule has 1 aliphatic heterocycles. The first-order chi connectivity index (χ1) is 16.1. The van der Waals surface area contributed by atoms with E-state index in [9.17, 15) is 18.0 Å². The Labute approximate surface area is 206 Å². The summed E-state index contributed by atoms with van der Waals surface area (Å²) in [6, 6.07) is 18.1. The predicted octanol–water partition coefficient (Wildman–Crippen LogP) is 6.95. The summed E-state index contributed by atoms with van der Waals surface area (Å²) in [5.41, 5.74) is 2.18. The van der Waals surface area contributed by atoms with Crippen LogP contribution in [0.25, 0.3) is 0 Å².